The van der Waals surface area contributed by atoms with Gasteiger partial charge >= 0.3 is 0 Å². The van der Waals surface area contributed by atoms with E-state index in [2.05, 4.69) is 5.32 Å². The van der Waals surface area contributed by atoms with Crippen LogP contribution in [0.15, 0.2) is 36.4 Å². The summed E-state index contributed by atoms with van der Waals surface area (Å²) in [5.74, 6) is -0.505. The molecule has 2 aromatic carbocycles. The minimum absolute atomic E-state index is 0.00580. The summed E-state index contributed by atoms with van der Waals surface area (Å²) in [7, 11) is 1.63. The third-order valence-corrected chi connectivity index (χ3v) is 3.25. The van der Waals surface area contributed by atoms with Gasteiger partial charge < -0.3 is 10.1 Å². The topological polar surface area (TPSA) is 38.3 Å². The molecule has 3 nitrogen and oxygen atoms in total. The molecule has 0 aliphatic carbocycles. The molecule has 0 saturated carbocycles. The zero-order chi connectivity index (χ0) is 14.5. The molecule has 0 fully saturated rings. The van der Waals surface area contributed by atoms with Gasteiger partial charge in [-0.05, 0) is 30.9 Å². The Hall–Kier alpha value is -1.94. The van der Waals surface area contributed by atoms with E-state index in [-0.39, 0.29) is 17.8 Å². The molecule has 1 N–H and O–H groups in total. The van der Waals surface area contributed by atoms with Crippen LogP contribution in [0.1, 0.15) is 23.7 Å². The molecule has 0 aliphatic rings. The van der Waals surface area contributed by atoms with Gasteiger partial charge in [0, 0.05) is 30.7 Å². The van der Waals surface area contributed by atoms with Gasteiger partial charge in [-0.3, -0.25) is 4.79 Å². The highest BCUT2D eigenvalue weighted by molar-refractivity contribution is 6.07. The molecule has 0 heterocycles. The van der Waals surface area contributed by atoms with Crippen molar-refractivity contribution in [2.75, 3.05) is 13.7 Å². The van der Waals surface area contributed by atoms with Gasteiger partial charge in [-0.2, -0.15) is 0 Å². The van der Waals surface area contributed by atoms with E-state index in [1.54, 1.807) is 31.4 Å². The van der Waals surface area contributed by atoms with Crippen LogP contribution in [0.2, 0.25) is 0 Å². The maximum Gasteiger partial charge on any atom is 0.252 e. The van der Waals surface area contributed by atoms with Gasteiger partial charge in [0.25, 0.3) is 5.91 Å². The first-order valence-electron chi connectivity index (χ1n) is 6.60. The molecule has 0 spiro atoms. The number of rotatable bonds is 5. The Morgan fingerprint density at radius 2 is 1.95 bits per heavy atom. The molecule has 2 rings (SSSR count). The average Bonchev–Trinajstić information content (AvgIpc) is 2.45. The second kappa shape index (κ2) is 6.48. The van der Waals surface area contributed by atoms with Crippen LogP contribution in [0.5, 0.6) is 0 Å². The summed E-state index contributed by atoms with van der Waals surface area (Å²) >= 11 is 0. The molecule has 1 amide bonds. The summed E-state index contributed by atoms with van der Waals surface area (Å²) < 4.78 is 18.7. The highest BCUT2D eigenvalue weighted by Crippen LogP contribution is 2.21. The molecule has 106 valence electrons. The predicted molar refractivity (Wildman–Crippen MR) is 77.3 cm³/mol. The van der Waals surface area contributed by atoms with E-state index in [0.717, 1.165) is 6.42 Å². The van der Waals surface area contributed by atoms with Gasteiger partial charge in [-0.1, -0.05) is 24.3 Å². The number of hydrogen-bond acceptors (Lipinski definition) is 2. The van der Waals surface area contributed by atoms with E-state index in [1.807, 2.05) is 6.92 Å². The van der Waals surface area contributed by atoms with Crippen LogP contribution in [0.4, 0.5) is 4.39 Å². The van der Waals surface area contributed by atoms with Crippen LogP contribution >= 0.6 is 0 Å². The lowest BCUT2D eigenvalue weighted by Crippen LogP contribution is -2.33. The summed E-state index contributed by atoms with van der Waals surface area (Å²) in [6, 6.07) is 9.85. The molecular weight excluding hydrogens is 257 g/mol. The Balaban J connectivity index is 2.24. The zero-order valence-corrected chi connectivity index (χ0v) is 11.7. The minimum atomic E-state index is -0.315. The van der Waals surface area contributed by atoms with E-state index in [9.17, 15) is 9.18 Å². The van der Waals surface area contributed by atoms with E-state index in [4.69, 9.17) is 4.74 Å². The van der Waals surface area contributed by atoms with Crippen molar-refractivity contribution < 1.29 is 13.9 Å². The molecule has 2 aromatic rings. The van der Waals surface area contributed by atoms with Crippen LogP contribution in [0.3, 0.4) is 0 Å². The Morgan fingerprint density at radius 1 is 1.25 bits per heavy atom. The van der Waals surface area contributed by atoms with E-state index >= 15 is 0 Å². The van der Waals surface area contributed by atoms with Crippen molar-refractivity contribution in [3.8, 4) is 0 Å². The number of methoxy groups -OCH3 is 1. The monoisotopic (exact) mass is 275 g/mol. The minimum Gasteiger partial charge on any atom is -0.385 e. The second-order valence-corrected chi connectivity index (χ2v) is 4.80. The highest BCUT2D eigenvalue weighted by Gasteiger charge is 2.14. The number of carbonyl (C=O) groups excluding carboxylic acids is 1. The van der Waals surface area contributed by atoms with Gasteiger partial charge in [0.05, 0.1) is 0 Å². The molecule has 1 atom stereocenters. The number of hydrogen-bond donors (Lipinski definition) is 1. The lowest BCUT2D eigenvalue weighted by Gasteiger charge is -2.14. The molecule has 20 heavy (non-hydrogen) atoms. The maximum absolute atomic E-state index is 13.7. The largest absolute Gasteiger partial charge is 0.385 e. The fourth-order valence-corrected chi connectivity index (χ4v) is 2.13. The highest BCUT2D eigenvalue weighted by atomic mass is 19.1. The number of ether oxygens (including phenoxy) is 1. The standard InChI is InChI=1S/C16H18FNO2/c1-11(9-10-20-2)18-16(19)14-7-8-15(17)13-6-4-3-5-12(13)14/h3-8,11H,9-10H2,1-2H3,(H,18,19). The van der Waals surface area contributed by atoms with Crippen LogP contribution in [-0.4, -0.2) is 25.7 Å². The molecule has 0 bridgehead atoms. The third kappa shape index (κ3) is 3.14. The molecule has 1 unspecified atom stereocenters. The molecular formula is C16H18FNO2. The average molecular weight is 275 g/mol. The Kier molecular flexibility index (Phi) is 4.69. The summed E-state index contributed by atoms with van der Waals surface area (Å²) in [5, 5.41) is 3.99. The van der Waals surface area contributed by atoms with Gasteiger partial charge in [0.1, 0.15) is 5.82 Å². The summed E-state index contributed by atoms with van der Waals surface area (Å²) in [5.41, 5.74) is 0.492. The van der Waals surface area contributed by atoms with Crippen LogP contribution < -0.4 is 5.32 Å². The predicted octanol–water partition coefficient (Wildman–Crippen LogP) is 3.13. The molecule has 4 heteroatoms. The van der Waals surface area contributed by atoms with Crippen molar-refractivity contribution in [2.24, 2.45) is 0 Å². The van der Waals surface area contributed by atoms with E-state index < -0.39 is 0 Å². The number of amides is 1. The van der Waals surface area contributed by atoms with Crippen LogP contribution in [0, 0.1) is 5.82 Å². The van der Waals surface area contributed by atoms with Crippen LogP contribution in [0.25, 0.3) is 10.8 Å². The molecule has 0 aromatic heterocycles. The Morgan fingerprint density at radius 3 is 2.65 bits per heavy atom. The number of carbonyl (C=O) groups is 1. The van der Waals surface area contributed by atoms with Gasteiger partial charge in [0.2, 0.25) is 0 Å². The number of benzene rings is 2. The fourth-order valence-electron chi connectivity index (χ4n) is 2.13. The van der Waals surface area contributed by atoms with Gasteiger partial charge in [-0.15, -0.1) is 0 Å². The Bertz CT molecular complexity index is 612. The molecule has 0 saturated heterocycles. The SMILES string of the molecule is COCCC(C)NC(=O)c1ccc(F)c2ccccc12. The smallest absolute Gasteiger partial charge is 0.252 e. The normalized spacial score (nSPS) is 12.3. The quantitative estimate of drug-likeness (QED) is 0.910. The van der Waals surface area contributed by atoms with Crippen molar-refractivity contribution in [1.82, 2.24) is 5.32 Å². The van der Waals surface area contributed by atoms with Gasteiger partial charge in [-0.25, -0.2) is 4.39 Å². The number of fused-ring (bicyclic) bond motifs is 1. The fraction of sp³-hybridized carbons (Fsp3) is 0.312. The van der Waals surface area contributed by atoms with Crippen molar-refractivity contribution in [3.05, 3.63) is 47.8 Å². The lowest BCUT2D eigenvalue weighted by atomic mass is 10.0. The van der Waals surface area contributed by atoms with Crippen molar-refractivity contribution in [3.63, 3.8) is 0 Å². The number of halogens is 1. The van der Waals surface area contributed by atoms with Gasteiger partial charge in [0.15, 0.2) is 0 Å². The lowest BCUT2D eigenvalue weighted by molar-refractivity contribution is 0.0931. The van der Waals surface area contributed by atoms with Crippen molar-refractivity contribution in [2.45, 2.75) is 19.4 Å². The summed E-state index contributed by atoms with van der Waals surface area (Å²) in [4.78, 5) is 12.3. The van der Waals surface area contributed by atoms with E-state index in [1.165, 1.54) is 12.1 Å². The number of nitrogens with one attached hydrogen (secondary N) is 1. The first-order valence-corrected chi connectivity index (χ1v) is 6.60. The maximum atomic E-state index is 13.7. The first kappa shape index (κ1) is 14.5. The summed E-state index contributed by atoms with van der Waals surface area (Å²) in [6.07, 6.45) is 0.737. The van der Waals surface area contributed by atoms with Crippen LogP contribution in [-0.2, 0) is 4.74 Å². The zero-order valence-electron chi connectivity index (χ0n) is 11.7. The molecule has 0 aliphatic heterocycles. The third-order valence-electron chi connectivity index (χ3n) is 3.25. The second-order valence-electron chi connectivity index (χ2n) is 4.80. The summed E-state index contributed by atoms with van der Waals surface area (Å²) in [6.45, 7) is 2.51. The van der Waals surface area contributed by atoms with E-state index in [0.29, 0.717) is 22.9 Å². The Labute approximate surface area is 117 Å². The van der Waals surface area contributed by atoms with Crippen molar-refractivity contribution in [1.29, 1.82) is 0 Å². The molecule has 0 radical (unpaired) electrons. The van der Waals surface area contributed by atoms with Crippen molar-refractivity contribution >= 4 is 16.7 Å². The first-order chi connectivity index (χ1) is 9.63.